The molecule has 0 bridgehead atoms. The zero-order chi connectivity index (χ0) is 18.4. The molecule has 2 N–H and O–H groups in total. The second kappa shape index (κ2) is 10.8. The Morgan fingerprint density at radius 3 is 2.74 bits per heavy atom. The van der Waals surface area contributed by atoms with Crippen LogP contribution in [0.5, 0.6) is 0 Å². The Hall–Kier alpha value is -1.35. The van der Waals surface area contributed by atoms with Crippen LogP contribution in [0, 0.1) is 13.8 Å². The molecule has 1 aliphatic heterocycles. The fourth-order valence-electron chi connectivity index (χ4n) is 3.35. The maximum Gasteiger partial charge on any atom is 0.191 e. The van der Waals surface area contributed by atoms with Gasteiger partial charge in [0.05, 0.1) is 17.2 Å². The summed E-state index contributed by atoms with van der Waals surface area (Å²) >= 11 is 1.74. The van der Waals surface area contributed by atoms with Crippen LogP contribution in [-0.2, 0) is 6.54 Å². The van der Waals surface area contributed by atoms with E-state index in [4.69, 9.17) is 4.99 Å². The van der Waals surface area contributed by atoms with E-state index in [2.05, 4.69) is 71.6 Å². The van der Waals surface area contributed by atoms with Gasteiger partial charge in [-0.3, -0.25) is 0 Å². The Morgan fingerprint density at radius 1 is 1.30 bits per heavy atom. The van der Waals surface area contributed by atoms with E-state index >= 15 is 0 Å². The molecule has 0 aliphatic carbocycles. The molecule has 27 heavy (non-hydrogen) atoms. The first kappa shape index (κ1) is 21.9. The predicted octanol–water partition coefficient (Wildman–Crippen LogP) is 4.10. The first-order valence-electron chi connectivity index (χ1n) is 9.43. The Balaban J connectivity index is 0.00000261. The number of anilines is 1. The quantitative estimate of drug-likeness (QED) is 0.370. The van der Waals surface area contributed by atoms with E-state index in [0.29, 0.717) is 12.6 Å². The molecule has 1 atom stereocenters. The molecule has 1 fully saturated rings. The van der Waals surface area contributed by atoms with Crippen molar-refractivity contribution in [3.8, 4) is 0 Å². The Kier molecular flexibility index (Phi) is 8.82. The number of aryl methyl sites for hydroxylation is 2. The number of benzene rings is 1. The van der Waals surface area contributed by atoms with Crippen LogP contribution < -0.4 is 15.5 Å². The molecule has 5 nitrogen and oxygen atoms in total. The van der Waals surface area contributed by atoms with Crippen molar-refractivity contribution in [3.63, 3.8) is 0 Å². The van der Waals surface area contributed by atoms with E-state index in [-0.39, 0.29) is 24.0 Å². The molecule has 7 heteroatoms. The van der Waals surface area contributed by atoms with Gasteiger partial charge in [-0.25, -0.2) is 9.98 Å². The lowest BCUT2D eigenvalue weighted by molar-refractivity contribution is 0.468. The average Bonchev–Trinajstić information content (AvgIpc) is 2.98. The lowest BCUT2D eigenvalue weighted by Gasteiger charge is -2.35. The number of aliphatic imine (C=N–C) groups is 1. The highest BCUT2D eigenvalue weighted by Crippen LogP contribution is 2.20. The first-order chi connectivity index (χ1) is 12.7. The molecule has 1 saturated heterocycles. The van der Waals surface area contributed by atoms with E-state index in [9.17, 15) is 0 Å². The number of guanidine groups is 1. The molecule has 1 aliphatic rings. The summed E-state index contributed by atoms with van der Waals surface area (Å²) < 4.78 is 0. The van der Waals surface area contributed by atoms with Crippen molar-refractivity contribution in [2.45, 2.75) is 46.2 Å². The highest BCUT2D eigenvalue weighted by molar-refractivity contribution is 14.0. The standard InChI is InChI=1S/C20H29N5S.HI/c1-4-21-20(22-13-19-15(2)23-16(3)26-19)24-17-9-8-12-25(14-17)18-10-6-5-7-11-18;/h5-7,10-11,17H,4,8-9,12-14H2,1-3H3,(H2,21,22,24);1H. The number of thiazole rings is 1. The van der Waals surface area contributed by atoms with Crippen molar-refractivity contribution in [2.75, 3.05) is 24.5 Å². The summed E-state index contributed by atoms with van der Waals surface area (Å²) in [6.45, 7) is 9.89. The van der Waals surface area contributed by atoms with Gasteiger partial charge in [0.15, 0.2) is 5.96 Å². The zero-order valence-electron chi connectivity index (χ0n) is 16.4. The lowest BCUT2D eigenvalue weighted by atomic mass is 10.1. The van der Waals surface area contributed by atoms with Gasteiger partial charge in [-0.2, -0.15) is 0 Å². The normalized spacial score (nSPS) is 17.4. The summed E-state index contributed by atoms with van der Waals surface area (Å²) in [5.41, 5.74) is 2.40. The van der Waals surface area contributed by atoms with Crippen LogP contribution in [0.15, 0.2) is 35.3 Å². The van der Waals surface area contributed by atoms with Crippen LogP contribution in [0.4, 0.5) is 5.69 Å². The SMILES string of the molecule is CCNC(=NCc1sc(C)nc1C)NC1CCCN(c2ccccc2)C1.I. The number of para-hydroxylation sites is 1. The molecule has 0 saturated carbocycles. The number of rotatable bonds is 5. The highest BCUT2D eigenvalue weighted by atomic mass is 127. The van der Waals surface area contributed by atoms with Crippen LogP contribution in [0.2, 0.25) is 0 Å². The lowest BCUT2D eigenvalue weighted by Crippen LogP contribution is -2.51. The molecule has 1 aromatic heterocycles. The minimum atomic E-state index is 0. The molecule has 2 heterocycles. The van der Waals surface area contributed by atoms with Crippen molar-refractivity contribution in [1.29, 1.82) is 0 Å². The van der Waals surface area contributed by atoms with Gasteiger partial charge in [-0.1, -0.05) is 18.2 Å². The van der Waals surface area contributed by atoms with Crippen LogP contribution >= 0.6 is 35.3 Å². The Morgan fingerprint density at radius 2 is 2.07 bits per heavy atom. The zero-order valence-corrected chi connectivity index (χ0v) is 19.5. The number of nitrogens with one attached hydrogen (secondary N) is 2. The van der Waals surface area contributed by atoms with E-state index < -0.39 is 0 Å². The van der Waals surface area contributed by atoms with Gasteiger partial charge in [-0.05, 0) is 45.7 Å². The highest BCUT2D eigenvalue weighted by Gasteiger charge is 2.21. The molecule has 148 valence electrons. The summed E-state index contributed by atoms with van der Waals surface area (Å²) in [6, 6.07) is 11.1. The second-order valence-electron chi connectivity index (χ2n) is 6.70. The maximum absolute atomic E-state index is 4.80. The summed E-state index contributed by atoms with van der Waals surface area (Å²) in [4.78, 5) is 13.0. The number of hydrogen-bond acceptors (Lipinski definition) is 4. The van der Waals surface area contributed by atoms with Gasteiger partial charge < -0.3 is 15.5 Å². The van der Waals surface area contributed by atoms with Crippen molar-refractivity contribution in [2.24, 2.45) is 4.99 Å². The molecule has 1 unspecified atom stereocenters. The number of halogens is 1. The van der Waals surface area contributed by atoms with Gasteiger partial charge in [0, 0.05) is 36.2 Å². The van der Waals surface area contributed by atoms with Crippen LogP contribution in [0.3, 0.4) is 0 Å². The van der Waals surface area contributed by atoms with E-state index in [0.717, 1.165) is 36.3 Å². The monoisotopic (exact) mass is 499 g/mol. The Bertz CT molecular complexity index is 731. The van der Waals surface area contributed by atoms with Gasteiger partial charge >= 0.3 is 0 Å². The molecular formula is C20H30IN5S. The number of aromatic nitrogens is 1. The maximum atomic E-state index is 4.80. The molecule has 0 radical (unpaired) electrons. The third kappa shape index (κ3) is 6.34. The van der Waals surface area contributed by atoms with Gasteiger partial charge in [0.2, 0.25) is 0 Å². The third-order valence-electron chi connectivity index (χ3n) is 4.61. The summed E-state index contributed by atoms with van der Waals surface area (Å²) in [7, 11) is 0. The van der Waals surface area contributed by atoms with E-state index in [1.165, 1.54) is 23.4 Å². The van der Waals surface area contributed by atoms with Crippen molar-refractivity contribution >= 4 is 47.0 Å². The fraction of sp³-hybridized carbons (Fsp3) is 0.500. The van der Waals surface area contributed by atoms with E-state index in [1.807, 2.05) is 0 Å². The van der Waals surface area contributed by atoms with Crippen molar-refractivity contribution < 1.29 is 0 Å². The van der Waals surface area contributed by atoms with Gasteiger partial charge in [0.1, 0.15) is 0 Å². The number of hydrogen-bond donors (Lipinski definition) is 2. The molecule has 1 aromatic carbocycles. The van der Waals surface area contributed by atoms with E-state index in [1.54, 1.807) is 11.3 Å². The summed E-state index contributed by atoms with van der Waals surface area (Å²) in [5.74, 6) is 0.901. The number of nitrogens with zero attached hydrogens (tertiary/aromatic N) is 3. The average molecular weight is 499 g/mol. The third-order valence-corrected chi connectivity index (χ3v) is 5.67. The molecule has 0 spiro atoms. The van der Waals surface area contributed by atoms with Crippen LogP contribution in [0.1, 0.15) is 35.3 Å². The van der Waals surface area contributed by atoms with Gasteiger partial charge in [-0.15, -0.1) is 35.3 Å². The molecular weight excluding hydrogens is 469 g/mol. The van der Waals surface area contributed by atoms with Crippen LogP contribution in [-0.4, -0.2) is 36.6 Å². The van der Waals surface area contributed by atoms with Crippen molar-refractivity contribution in [3.05, 3.63) is 45.9 Å². The van der Waals surface area contributed by atoms with Crippen LogP contribution in [0.25, 0.3) is 0 Å². The molecule has 2 aromatic rings. The second-order valence-corrected chi connectivity index (χ2v) is 7.99. The largest absolute Gasteiger partial charge is 0.369 e. The minimum absolute atomic E-state index is 0. The smallest absolute Gasteiger partial charge is 0.191 e. The first-order valence-corrected chi connectivity index (χ1v) is 10.2. The minimum Gasteiger partial charge on any atom is -0.369 e. The van der Waals surface area contributed by atoms with Crippen molar-refractivity contribution in [1.82, 2.24) is 15.6 Å². The van der Waals surface area contributed by atoms with Gasteiger partial charge in [0.25, 0.3) is 0 Å². The molecule has 0 amide bonds. The summed E-state index contributed by atoms with van der Waals surface area (Å²) in [5, 5.41) is 8.13. The topological polar surface area (TPSA) is 52.6 Å². The molecule has 3 rings (SSSR count). The Labute approximate surface area is 183 Å². The number of piperidine rings is 1. The summed E-state index contributed by atoms with van der Waals surface area (Å²) in [6.07, 6.45) is 2.37. The predicted molar refractivity (Wildman–Crippen MR) is 127 cm³/mol. The fourth-order valence-corrected chi connectivity index (χ4v) is 4.21.